The lowest BCUT2D eigenvalue weighted by Crippen LogP contribution is -2.45. The van der Waals surface area contributed by atoms with Crippen LogP contribution in [0.25, 0.3) is 0 Å². The Morgan fingerprint density at radius 1 is 1.12 bits per heavy atom. The molecule has 3 rings (SSSR count). The Hall–Kier alpha value is -0.570. The Kier molecular flexibility index (Phi) is 2.88. The number of hydrogen-bond donors (Lipinski definition) is 1. The van der Waals surface area contributed by atoms with Crippen molar-refractivity contribution in [3.05, 3.63) is 0 Å². The fourth-order valence-electron chi connectivity index (χ4n) is 3.48. The van der Waals surface area contributed by atoms with Crippen LogP contribution in [0.4, 0.5) is 0 Å². The van der Waals surface area contributed by atoms with E-state index < -0.39 is 0 Å². The van der Waals surface area contributed by atoms with E-state index in [1.807, 2.05) is 0 Å². The zero-order valence-corrected chi connectivity index (χ0v) is 9.95. The summed E-state index contributed by atoms with van der Waals surface area (Å²) in [6.45, 7) is 2.96. The van der Waals surface area contributed by atoms with E-state index in [1.165, 1.54) is 32.1 Å². The van der Waals surface area contributed by atoms with Gasteiger partial charge in [0.1, 0.15) is 0 Å². The summed E-state index contributed by atoms with van der Waals surface area (Å²) in [5, 5.41) is 3.30. The Morgan fingerprint density at radius 3 is 2.62 bits per heavy atom. The van der Waals surface area contributed by atoms with Crippen molar-refractivity contribution in [1.82, 2.24) is 10.2 Å². The summed E-state index contributed by atoms with van der Waals surface area (Å²) in [5.41, 5.74) is 0. The summed E-state index contributed by atoms with van der Waals surface area (Å²) < 4.78 is 0. The lowest BCUT2D eigenvalue weighted by atomic mass is 9.78. The van der Waals surface area contributed by atoms with Crippen LogP contribution in [0.15, 0.2) is 0 Å². The molecule has 2 saturated heterocycles. The van der Waals surface area contributed by atoms with Crippen LogP contribution < -0.4 is 5.32 Å². The summed E-state index contributed by atoms with van der Waals surface area (Å²) in [6.07, 6.45) is 7.64. The molecule has 0 aromatic rings. The minimum atomic E-state index is 0.278. The SMILES string of the molecule is O=C(C1CCNC1)N1CCCC1C1CCC1. The highest BCUT2D eigenvalue weighted by molar-refractivity contribution is 5.80. The molecule has 1 saturated carbocycles. The highest BCUT2D eigenvalue weighted by Crippen LogP contribution is 2.37. The average molecular weight is 222 g/mol. The van der Waals surface area contributed by atoms with E-state index in [-0.39, 0.29) is 5.92 Å². The molecule has 3 aliphatic rings. The highest BCUT2D eigenvalue weighted by Gasteiger charge is 2.39. The van der Waals surface area contributed by atoms with Crippen LogP contribution >= 0.6 is 0 Å². The number of nitrogens with zero attached hydrogens (tertiary/aromatic N) is 1. The molecule has 3 fully saturated rings. The predicted octanol–water partition coefficient (Wildman–Crippen LogP) is 1.39. The molecular weight excluding hydrogens is 200 g/mol. The standard InChI is InChI=1S/C13H22N2O/c16-13(11-6-7-14-9-11)15-8-2-5-12(15)10-3-1-4-10/h10-12,14H,1-9H2. The second-order valence-corrected chi connectivity index (χ2v) is 5.62. The lowest BCUT2D eigenvalue weighted by molar-refractivity contribution is -0.137. The van der Waals surface area contributed by atoms with Crippen molar-refractivity contribution < 1.29 is 4.79 Å². The Bertz CT molecular complexity index is 269. The third-order valence-electron chi connectivity index (χ3n) is 4.69. The van der Waals surface area contributed by atoms with Gasteiger partial charge in [0.25, 0.3) is 0 Å². The van der Waals surface area contributed by atoms with E-state index in [0.717, 1.165) is 32.0 Å². The van der Waals surface area contributed by atoms with Crippen molar-refractivity contribution in [2.24, 2.45) is 11.8 Å². The van der Waals surface area contributed by atoms with Gasteiger partial charge in [0.2, 0.25) is 5.91 Å². The van der Waals surface area contributed by atoms with Crippen LogP contribution in [-0.2, 0) is 4.79 Å². The second-order valence-electron chi connectivity index (χ2n) is 5.62. The van der Waals surface area contributed by atoms with Crippen LogP contribution in [0.5, 0.6) is 0 Å². The summed E-state index contributed by atoms with van der Waals surface area (Å²) in [4.78, 5) is 14.6. The molecule has 2 unspecified atom stereocenters. The van der Waals surface area contributed by atoms with Gasteiger partial charge in [-0.25, -0.2) is 0 Å². The first-order chi connectivity index (χ1) is 7.86. The van der Waals surface area contributed by atoms with Crippen LogP contribution in [0, 0.1) is 11.8 Å². The first kappa shape index (κ1) is 10.6. The Labute approximate surface area is 97.6 Å². The number of amides is 1. The molecule has 1 amide bonds. The molecule has 16 heavy (non-hydrogen) atoms. The van der Waals surface area contributed by atoms with E-state index in [1.54, 1.807) is 0 Å². The van der Waals surface area contributed by atoms with Crippen molar-refractivity contribution in [1.29, 1.82) is 0 Å². The van der Waals surface area contributed by atoms with Gasteiger partial charge in [-0.2, -0.15) is 0 Å². The van der Waals surface area contributed by atoms with Gasteiger partial charge < -0.3 is 10.2 Å². The number of carbonyl (C=O) groups is 1. The van der Waals surface area contributed by atoms with Crippen molar-refractivity contribution in [3.63, 3.8) is 0 Å². The fraction of sp³-hybridized carbons (Fsp3) is 0.923. The van der Waals surface area contributed by atoms with E-state index >= 15 is 0 Å². The summed E-state index contributed by atoms with van der Waals surface area (Å²) in [6, 6.07) is 0.599. The van der Waals surface area contributed by atoms with E-state index in [4.69, 9.17) is 0 Å². The van der Waals surface area contributed by atoms with Crippen LogP contribution in [0.2, 0.25) is 0 Å². The minimum Gasteiger partial charge on any atom is -0.339 e. The molecule has 0 radical (unpaired) electrons. The highest BCUT2D eigenvalue weighted by atomic mass is 16.2. The zero-order chi connectivity index (χ0) is 11.0. The maximum Gasteiger partial charge on any atom is 0.227 e. The van der Waals surface area contributed by atoms with Gasteiger partial charge in [-0.05, 0) is 44.6 Å². The molecule has 2 heterocycles. The van der Waals surface area contributed by atoms with Gasteiger partial charge in [0.05, 0.1) is 5.92 Å². The summed E-state index contributed by atoms with van der Waals surface area (Å²) >= 11 is 0. The predicted molar refractivity (Wildman–Crippen MR) is 63.1 cm³/mol. The summed E-state index contributed by atoms with van der Waals surface area (Å²) in [7, 11) is 0. The van der Waals surface area contributed by atoms with Gasteiger partial charge in [-0.3, -0.25) is 4.79 Å². The zero-order valence-electron chi connectivity index (χ0n) is 9.95. The fourth-order valence-corrected chi connectivity index (χ4v) is 3.48. The van der Waals surface area contributed by atoms with Crippen molar-refractivity contribution in [3.8, 4) is 0 Å². The molecule has 2 aliphatic heterocycles. The lowest BCUT2D eigenvalue weighted by Gasteiger charge is -2.38. The van der Waals surface area contributed by atoms with E-state index in [9.17, 15) is 4.79 Å². The minimum absolute atomic E-state index is 0.278. The molecule has 2 atom stereocenters. The van der Waals surface area contributed by atoms with Gasteiger partial charge in [0, 0.05) is 19.1 Å². The van der Waals surface area contributed by atoms with E-state index in [0.29, 0.717) is 11.9 Å². The quantitative estimate of drug-likeness (QED) is 0.765. The van der Waals surface area contributed by atoms with E-state index in [2.05, 4.69) is 10.2 Å². The molecular formula is C13H22N2O. The molecule has 0 bridgehead atoms. The van der Waals surface area contributed by atoms with Crippen molar-refractivity contribution in [2.75, 3.05) is 19.6 Å². The van der Waals surface area contributed by atoms with Crippen LogP contribution in [-0.4, -0.2) is 36.5 Å². The number of likely N-dealkylation sites (tertiary alicyclic amines) is 1. The molecule has 0 aromatic carbocycles. The largest absolute Gasteiger partial charge is 0.339 e. The number of rotatable bonds is 2. The van der Waals surface area contributed by atoms with Crippen molar-refractivity contribution >= 4 is 5.91 Å². The Morgan fingerprint density at radius 2 is 2.00 bits per heavy atom. The van der Waals surface area contributed by atoms with Gasteiger partial charge in [0.15, 0.2) is 0 Å². The normalized spacial score (nSPS) is 35.4. The number of nitrogens with one attached hydrogen (secondary N) is 1. The van der Waals surface area contributed by atoms with Crippen LogP contribution in [0.3, 0.4) is 0 Å². The topological polar surface area (TPSA) is 32.3 Å². The third kappa shape index (κ3) is 1.75. The monoisotopic (exact) mass is 222 g/mol. The average Bonchev–Trinajstić information content (AvgIpc) is 2.84. The molecule has 0 aromatic heterocycles. The smallest absolute Gasteiger partial charge is 0.227 e. The Balaban J connectivity index is 1.65. The molecule has 1 aliphatic carbocycles. The maximum atomic E-state index is 12.4. The third-order valence-corrected chi connectivity index (χ3v) is 4.69. The number of carbonyl (C=O) groups excluding carboxylic acids is 1. The molecule has 0 spiro atoms. The van der Waals surface area contributed by atoms with Gasteiger partial charge in [-0.1, -0.05) is 6.42 Å². The first-order valence-corrected chi connectivity index (χ1v) is 6.87. The molecule has 3 heteroatoms. The summed E-state index contributed by atoms with van der Waals surface area (Å²) in [5.74, 6) is 1.56. The second kappa shape index (κ2) is 4.36. The van der Waals surface area contributed by atoms with Crippen molar-refractivity contribution in [2.45, 2.75) is 44.6 Å². The molecule has 90 valence electrons. The van der Waals surface area contributed by atoms with Gasteiger partial charge >= 0.3 is 0 Å². The van der Waals surface area contributed by atoms with Crippen LogP contribution in [0.1, 0.15) is 38.5 Å². The maximum absolute atomic E-state index is 12.4. The first-order valence-electron chi connectivity index (χ1n) is 6.87. The van der Waals surface area contributed by atoms with Gasteiger partial charge in [-0.15, -0.1) is 0 Å². The number of hydrogen-bond acceptors (Lipinski definition) is 2. The molecule has 3 nitrogen and oxygen atoms in total. The molecule has 1 N–H and O–H groups in total.